The molecule has 0 radical (unpaired) electrons. The van der Waals surface area contributed by atoms with Gasteiger partial charge in [-0.25, -0.2) is 9.97 Å². The Morgan fingerprint density at radius 2 is 1.96 bits per heavy atom. The van der Waals surface area contributed by atoms with Crippen molar-refractivity contribution < 1.29 is 9.53 Å². The molecule has 1 aliphatic rings. The highest BCUT2D eigenvalue weighted by molar-refractivity contribution is 5.76. The molecule has 1 atom stereocenters. The van der Waals surface area contributed by atoms with Crippen molar-refractivity contribution in [2.75, 3.05) is 19.7 Å². The third-order valence-corrected chi connectivity index (χ3v) is 4.60. The van der Waals surface area contributed by atoms with Crippen LogP contribution in [-0.2, 0) is 11.3 Å². The topological polar surface area (TPSA) is 67.3 Å². The maximum absolute atomic E-state index is 12.9. The Morgan fingerprint density at radius 3 is 2.77 bits per heavy atom. The quantitative estimate of drug-likeness (QED) is 0.827. The normalized spacial score (nSPS) is 17.3. The van der Waals surface area contributed by atoms with Crippen molar-refractivity contribution in [2.24, 2.45) is 0 Å². The lowest BCUT2D eigenvalue weighted by Crippen LogP contribution is -2.41. The van der Waals surface area contributed by atoms with Gasteiger partial charge in [-0.3, -0.25) is 4.79 Å². The SMILES string of the molecule is O=C(CCOc1ccccc1)N(Cc1cncnc1)[C@H]1CCCNCC1. The first kappa shape index (κ1) is 18.3. The van der Waals surface area contributed by atoms with E-state index in [0.29, 0.717) is 19.6 Å². The van der Waals surface area contributed by atoms with Crippen molar-refractivity contribution >= 4 is 5.91 Å². The number of aromatic nitrogens is 2. The number of ether oxygens (including phenoxy) is 1. The van der Waals surface area contributed by atoms with Gasteiger partial charge in [0.25, 0.3) is 0 Å². The Labute approximate surface area is 154 Å². The van der Waals surface area contributed by atoms with Gasteiger partial charge < -0.3 is 15.0 Å². The number of carbonyl (C=O) groups is 1. The zero-order valence-corrected chi connectivity index (χ0v) is 15.0. The van der Waals surface area contributed by atoms with Gasteiger partial charge in [0.1, 0.15) is 12.1 Å². The summed E-state index contributed by atoms with van der Waals surface area (Å²) in [6.45, 7) is 2.90. The summed E-state index contributed by atoms with van der Waals surface area (Å²) in [7, 11) is 0. The average Bonchev–Trinajstić information content (AvgIpc) is 2.97. The molecule has 0 aliphatic carbocycles. The Balaban J connectivity index is 1.62. The van der Waals surface area contributed by atoms with E-state index in [4.69, 9.17) is 4.74 Å². The second-order valence-electron chi connectivity index (χ2n) is 6.51. The van der Waals surface area contributed by atoms with E-state index in [-0.39, 0.29) is 11.9 Å². The number of amides is 1. The molecule has 2 aromatic rings. The maximum atomic E-state index is 12.9. The van der Waals surface area contributed by atoms with E-state index >= 15 is 0 Å². The summed E-state index contributed by atoms with van der Waals surface area (Å²) >= 11 is 0. The molecule has 0 spiro atoms. The molecule has 0 unspecified atom stereocenters. The van der Waals surface area contributed by atoms with Crippen LogP contribution in [0.15, 0.2) is 49.1 Å². The van der Waals surface area contributed by atoms with E-state index in [0.717, 1.165) is 43.7 Å². The second kappa shape index (κ2) is 9.87. The number of hydrogen-bond donors (Lipinski definition) is 1. The molecular weight excluding hydrogens is 328 g/mol. The number of para-hydroxylation sites is 1. The molecular formula is C20H26N4O2. The lowest BCUT2D eigenvalue weighted by molar-refractivity contribution is -0.135. The van der Waals surface area contributed by atoms with E-state index in [1.807, 2.05) is 35.2 Å². The molecule has 1 N–H and O–H groups in total. The lowest BCUT2D eigenvalue weighted by Gasteiger charge is -2.31. The Kier molecular flexibility index (Phi) is 6.96. The van der Waals surface area contributed by atoms with Gasteiger partial charge in [0.2, 0.25) is 5.91 Å². The van der Waals surface area contributed by atoms with Crippen LogP contribution in [0.1, 0.15) is 31.2 Å². The largest absolute Gasteiger partial charge is 0.493 e. The van der Waals surface area contributed by atoms with E-state index in [2.05, 4.69) is 15.3 Å². The molecule has 0 saturated carbocycles. The van der Waals surface area contributed by atoms with Crippen LogP contribution in [0.3, 0.4) is 0 Å². The van der Waals surface area contributed by atoms with E-state index in [9.17, 15) is 4.79 Å². The molecule has 1 fully saturated rings. The molecule has 1 aromatic heterocycles. The van der Waals surface area contributed by atoms with Crippen molar-refractivity contribution in [1.29, 1.82) is 0 Å². The fourth-order valence-electron chi connectivity index (χ4n) is 3.26. The van der Waals surface area contributed by atoms with Gasteiger partial charge in [-0.2, -0.15) is 0 Å². The van der Waals surface area contributed by atoms with E-state index in [1.165, 1.54) is 6.33 Å². The van der Waals surface area contributed by atoms with Crippen molar-refractivity contribution in [2.45, 2.75) is 38.3 Å². The maximum Gasteiger partial charge on any atom is 0.226 e. The first-order valence-corrected chi connectivity index (χ1v) is 9.25. The van der Waals surface area contributed by atoms with Crippen LogP contribution in [0.2, 0.25) is 0 Å². The van der Waals surface area contributed by atoms with Crippen LogP contribution < -0.4 is 10.1 Å². The zero-order chi connectivity index (χ0) is 18.0. The summed E-state index contributed by atoms with van der Waals surface area (Å²) < 4.78 is 5.70. The number of nitrogens with zero attached hydrogens (tertiary/aromatic N) is 3. The number of nitrogens with one attached hydrogen (secondary N) is 1. The first-order chi connectivity index (χ1) is 12.8. The smallest absolute Gasteiger partial charge is 0.226 e. The highest BCUT2D eigenvalue weighted by atomic mass is 16.5. The Bertz CT molecular complexity index is 658. The standard InChI is InChI=1S/C20H26N4O2/c25-20(9-12-26-19-6-2-1-3-7-19)24(15-17-13-22-16-23-14-17)18-5-4-10-21-11-8-18/h1-3,6-7,13-14,16,18,21H,4-5,8-12,15H2/t18-/m0/s1. The monoisotopic (exact) mass is 354 g/mol. The number of benzene rings is 1. The van der Waals surface area contributed by atoms with Gasteiger partial charge in [0, 0.05) is 30.5 Å². The van der Waals surface area contributed by atoms with Crippen LogP contribution in [0.25, 0.3) is 0 Å². The van der Waals surface area contributed by atoms with Gasteiger partial charge in [-0.05, 0) is 44.5 Å². The highest BCUT2D eigenvalue weighted by Gasteiger charge is 2.24. The van der Waals surface area contributed by atoms with Crippen molar-refractivity contribution in [1.82, 2.24) is 20.2 Å². The van der Waals surface area contributed by atoms with Crippen molar-refractivity contribution in [3.63, 3.8) is 0 Å². The molecule has 26 heavy (non-hydrogen) atoms. The second-order valence-corrected chi connectivity index (χ2v) is 6.51. The summed E-state index contributed by atoms with van der Waals surface area (Å²) in [4.78, 5) is 23.1. The molecule has 6 nitrogen and oxygen atoms in total. The summed E-state index contributed by atoms with van der Waals surface area (Å²) in [5, 5.41) is 3.41. The third kappa shape index (κ3) is 5.52. The van der Waals surface area contributed by atoms with Crippen LogP contribution in [0.5, 0.6) is 5.75 Å². The van der Waals surface area contributed by atoms with Crippen molar-refractivity contribution in [3.8, 4) is 5.75 Å². The Hall–Kier alpha value is -2.47. The molecule has 0 bridgehead atoms. The molecule has 138 valence electrons. The predicted octanol–water partition coefficient (Wildman–Crippen LogP) is 2.42. The van der Waals surface area contributed by atoms with Gasteiger partial charge in [-0.1, -0.05) is 18.2 Å². The summed E-state index contributed by atoms with van der Waals surface area (Å²) in [6.07, 6.45) is 8.52. The minimum Gasteiger partial charge on any atom is -0.493 e. The molecule has 1 saturated heterocycles. The molecule has 2 heterocycles. The molecule has 1 amide bonds. The van der Waals surface area contributed by atoms with Crippen LogP contribution >= 0.6 is 0 Å². The minimum absolute atomic E-state index is 0.122. The molecule has 1 aromatic carbocycles. The zero-order valence-electron chi connectivity index (χ0n) is 15.0. The van der Waals surface area contributed by atoms with Gasteiger partial charge in [0.15, 0.2) is 0 Å². The first-order valence-electron chi connectivity index (χ1n) is 9.25. The number of rotatable bonds is 7. The van der Waals surface area contributed by atoms with E-state index < -0.39 is 0 Å². The highest BCUT2D eigenvalue weighted by Crippen LogP contribution is 2.18. The van der Waals surface area contributed by atoms with Gasteiger partial charge in [-0.15, -0.1) is 0 Å². The molecule has 6 heteroatoms. The van der Waals surface area contributed by atoms with E-state index in [1.54, 1.807) is 12.4 Å². The van der Waals surface area contributed by atoms with Crippen LogP contribution in [-0.4, -0.2) is 46.5 Å². The minimum atomic E-state index is 0.122. The fourth-order valence-corrected chi connectivity index (χ4v) is 3.26. The van der Waals surface area contributed by atoms with Gasteiger partial charge >= 0.3 is 0 Å². The number of hydrogen-bond acceptors (Lipinski definition) is 5. The average molecular weight is 354 g/mol. The molecule has 1 aliphatic heterocycles. The van der Waals surface area contributed by atoms with Crippen molar-refractivity contribution in [3.05, 3.63) is 54.6 Å². The predicted molar refractivity (Wildman–Crippen MR) is 99.6 cm³/mol. The molecule has 3 rings (SSSR count). The third-order valence-electron chi connectivity index (χ3n) is 4.60. The van der Waals surface area contributed by atoms with Crippen LogP contribution in [0.4, 0.5) is 0 Å². The Morgan fingerprint density at radius 1 is 1.15 bits per heavy atom. The summed E-state index contributed by atoms with van der Waals surface area (Å²) in [5.74, 6) is 0.915. The number of carbonyl (C=O) groups excluding carboxylic acids is 1. The lowest BCUT2D eigenvalue weighted by atomic mass is 10.1. The van der Waals surface area contributed by atoms with Crippen LogP contribution in [0, 0.1) is 0 Å². The van der Waals surface area contributed by atoms with Gasteiger partial charge in [0.05, 0.1) is 13.0 Å². The summed E-state index contributed by atoms with van der Waals surface area (Å²) in [5.41, 5.74) is 0.960. The fraction of sp³-hybridized carbons (Fsp3) is 0.450. The summed E-state index contributed by atoms with van der Waals surface area (Å²) in [6, 6.07) is 9.85.